The Bertz CT molecular complexity index is 477. The smallest absolute Gasteiger partial charge is 0.339 e. The third-order valence-electron chi connectivity index (χ3n) is 2.13. The first-order chi connectivity index (χ1) is 8.19. The maximum absolute atomic E-state index is 11.6. The summed E-state index contributed by atoms with van der Waals surface area (Å²) in [7, 11) is 0. The fourth-order valence-electron chi connectivity index (χ4n) is 1.41. The summed E-state index contributed by atoms with van der Waals surface area (Å²) in [4.78, 5) is 22.2. The predicted molar refractivity (Wildman–Crippen MR) is 66.6 cm³/mol. The number of amides is 1. The number of carboxylic acid groups (broad SMARTS) is 1. The van der Waals surface area contributed by atoms with Crippen LogP contribution in [0.15, 0.2) is 18.2 Å². The van der Waals surface area contributed by atoms with Gasteiger partial charge in [0.1, 0.15) is 11.3 Å². The summed E-state index contributed by atoms with van der Waals surface area (Å²) in [6.07, 6.45) is 0.119. The molecule has 6 nitrogen and oxygen atoms in total. The number of rotatable bonds is 4. The second-order valence-electron chi connectivity index (χ2n) is 4.75. The lowest BCUT2D eigenvalue weighted by Gasteiger charge is -2.17. The second-order valence-corrected chi connectivity index (χ2v) is 4.75. The summed E-state index contributed by atoms with van der Waals surface area (Å²) in [5, 5.41) is 20.7. The van der Waals surface area contributed by atoms with Crippen LogP contribution in [0.3, 0.4) is 0 Å². The predicted octanol–water partition coefficient (Wildman–Crippen LogP) is 1.16. The van der Waals surface area contributed by atoms with Crippen LogP contribution in [-0.4, -0.2) is 27.6 Å². The summed E-state index contributed by atoms with van der Waals surface area (Å²) < 4.78 is 0. The molecule has 0 bridgehead atoms. The Morgan fingerprint density at radius 1 is 1.39 bits per heavy atom. The number of carbonyl (C=O) groups excluding carboxylic acids is 1. The van der Waals surface area contributed by atoms with Gasteiger partial charge < -0.3 is 21.3 Å². The molecular formula is C12H16N2O4. The normalized spacial score (nSPS) is 11.1. The van der Waals surface area contributed by atoms with E-state index in [2.05, 4.69) is 5.32 Å². The van der Waals surface area contributed by atoms with Gasteiger partial charge in [-0.1, -0.05) is 0 Å². The van der Waals surface area contributed by atoms with Gasteiger partial charge in [-0.3, -0.25) is 4.79 Å². The summed E-state index contributed by atoms with van der Waals surface area (Å²) in [6, 6.07) is 3.82. The van der Waals surface area contributed by atoms with E-state index in [9.17, 15) is 14.7 Å². The zero-order valence-corrected chi connectivity index (χ0v) is 10.2. The van der Waals surface area contributed by atoms with Crippen molar-refractivity contribution in [3.8, 4) is 5.75 Å². The average molecular weight is 252 g/mol. The van der Waals surface area contributed by atoms with Gasteiger partial charge in [-0.2, -0.15) is 0 Å². The van der Waals surface area contributed by atoms with E-state index in [1.807, 2.05) is 0 Å². The highest BCUT2D eigenvalue weighted by molar-refractivity contribution is 5.94. The Hall–Kier alpha value is -2.08. The van der Waals surface area contributed by atoms with Crippen molar-refractivity contribution in [2.24, 2.45) is 5.73 Å². The molecule has 0 aromatic heterocycles. The van der Waals surface area contributed by atoms with Gasteiger partial charge >= 0.3 is 5.97 Å². The number of carbonyl (C=O) groups is 2. The van der Waals surface area contributed by atoms with E-state index >= 15 is 0 Å². The molecule has 0 unspecified atom stereocenters. The minimum Gasteiger partial charge on any atom is -0.507 e. The maximum atomic E-state index is 11.6. The Balaban J connectivity index is 2.78. The molecule has 6 heteroatoms. The zero-order valence-electron chi connectivity index (χ0n) is 10.2. The van der Waals surface area contributed by atoms with Gasteiger partial charge in [0.25, 0.3) is 0 Å². The van der Waals surface area contributed by atoms with Crippen molar-refractivity contribution in [2.45, 2.75) is 25.8 Å². The fourth-order valence-corrected chi connectivity index (χ4v) is 1.41. The van der Waals surface area contributed by atoms with Crippen LogP contribution in [0, 0.1) is 0 Å². The number of phenols is 1. The van der Waals surface area contributed by atoms with Crippen LogP contribution >= 0.6 is 0 Å². The molecule has 0 spiro atoms. The molecule has 0 saturated carbocycles. The molecule has 0 aliphatic carbocycles. The van der Waals surface area contributed by atoms with Crippen molar-refractivity contribution < 1.29 is 19.8 Å². The summed E-state index contributed by atoms with van der Waals surface area (Å²) in [6.45, 7) is 3.44. The highest BCUT2D eigenvalue weighted by Gasteiger charge is 2.17. The number of hydrogen-bond acceptors (Lipinski definition) is 4. The third kappa shape index (κ3) is 4.06. The zero-order chi connectivity index (χ0) is 13.9. The Morgan fingerprint density at radius 3 is 2.44 bits per heavy atom. The molecule has 0 aliphatic rings. The Labute approximate surface area is 104 Å². The first-order valence-electron chi connectivity index (χ1n) is 5.34. The molecule has 0 heterocycles. The Kier molecular flexibility index (Phi) is 3.93. The number of aromatic hydroxyl groups is 1. The molecule has 1 aromatic carbocycles. The van der Waals surface area contributed by atoms with Crippen molar-refractivity contribution in [3.63, 3.8) is 0 Å². The van der Waals surface area contributed by atoms with Crippen LogP contribution in [-0.2, 0) is 4.79 Å². The number of hydrogen-bond donors (Lipinski definition) is 4. The van der Waals surface area contributed by atoms with E-state index in [-0.39, 0.29) is 17.9 Å². The van der Waals surface area contributed by atoms with Crippen LogP contribution in [0.5, 0.6) is 5.75 Å². The molecule has 0 atom stereocenters. The van der Waals surface area contributed by atoms with Gasteiger partial charge in [0.05, 0.1) is 0 Å². The number of anilines is 1. The van der Waals surface area contributed by atoms with Gasteiger partial charge in [-0.25, -0.2) is 4.79 Å². The molecule has 18 heavy (non-hydrogen) atoms. The van der Waals surface area contributed by atoms with E-state index in [0.29, 0.717) is 5.69 Å². The Morgan fingerprint density at radius 2 is 2.00 bits per heavy atom. The molecule has 0 fully saturated rings. The highest BCUT2D eigenvalue weighted by Crippen LogP contribution is 2.22. The fraction of sp³-hybridized carbons (Fsp3) is 0.333. The average Bonchev–Trinajstić information content (AvgIpc) is 2.13. The van der Waals surface area contributed by atoms with E-state index in [1.54, 1.807) is 13.8 Å². The van der Waals surface area contributed by atoms with Crippen molar-refractivity contribution in [1.82, 2.24) is 0 Å². The van der Waals surface area contributed by atoms with Crippen LogP contribution < -0.4 is 11.1 Å². The molecule has 5 N–H and O–H groups in total. The first-order valence-corrected chi connectivity index (χ1v) is 5.34. The van der Waals surface area contributed by atoms with E-state index in [4.69, 9.17) is 10.8 Å². The van der Waals surface area contributed by atoms with Crippen LogP contribution in [0.2, 0.25) is 0 Å². The topological polar surface area (TPSA) is 113 Å². The highest BCUT2D eigenvalue weighted by atomic mass is 16.4. The molecule has 98 valence electrons. The van der Waals surface area contributed by atoms with Gasteiger partial charge in [0.2, 0.25) is 5.91 Å². The molecule has 1 aromatic rings. The lowest BCUT2D eigenvalue weighted by molar-refractivity contribution is -0.117. The van der Waals surface area contributed by atoms with Crippen LogP contribution in [0.25, 0.3) is 0 Å². The molecular weight excluding hydrogens is 236 g/mol. The number of aromatic carboxylic acids is 1. The standard InChI is InChI=1S/C12H16N2O4/c1-12(2,13)6-10(16)14-7-3-4-8(11(17)18)9(15)5-7/h3-5,15H,6,13H2,1-2H3,(H,14,16)(H,17,18). The number of benzene rings is 1. The van der Waals surface area contributed by atoms with Crippen molar-refractivity contribution in [3.05, 3.63) is 23.8 Å². The minimum absolute atomic E-state index is 0.119. The van der Waals surface area contributed by atoms with E-state index < -0.39 is 17.3 Å². The maximum Gasteiger partial charge on any atom is 0.339 e. The van der Waals surface area contributed by atoms with Crippen molar-refractivity contribution in [1.29, 1.82) is 0 Å². The summed E-state index contributed by atoms with van der Waals surface area (Å²) in [5.74, 6) is -1.93. The quantitative estimate of drug-likeness (QED) is 0.642. The van der Waals surface area contributed by atoms with Crippen LogP contribution in [0.1, 0.15) is 30.6 Å². The van der Waals surface area contributed by atoms with Crippen LogP contribution in [0.4, 0.5) is 5.69 Å². The van der Waals surface area contributed by atoms with Crippen molar-refractivity contribution >= 4 is 17.6 Å². The van der Waals surface area contributed by atoms with Gasteiger partial charge in [0.15, 0.2) is 0 Å². The third-order valence-corrected chi connectivity index (χ3v) is 2.13. The van der Waals surface area contributed by atoms with Gasteiger partial charge in [-0.05, 0) is 26.0 Å². The van der Waals surface area contributed by atoms with E-state index in [1.165, 1.54) is 18.2 Å². The lowest BCUT2D eigenvalue weighted by Crippen LogP contribution is -2.36. The second kappa shape index (κ2) is 5.05. The summed E-state index contributed by atoms with van der Waals surface area (Å²) >= 11 is 0. The first kappa shape index (κ1) is 14.0. The van der Waals surface area contributed by atoms with Gasteiger partial charge in [-0.15, -0.1) is 0 Å². The van der Waals surface area contributed by atoms with Crippen molar-refractivity contribution in [2.75, 3.05) is 5.32 Å². The minimum atomic E-state index is -1.23. The number of carboxylic acids is 1. The molecule has 1 rings (SSSR count). The van der Waals surface area contributed by atoms with Gasteiger partial charge in [0, 0.05) is 23.7 Å². The molecule has 0 radical (unpaired) electrons. The summed E-state index contributed by atoms with van der Waals surface area (Å²) in [5.41, 5.74) is 5.17. The van der Waals surface area contributed by atoms with E-state index in [0.717, 1.165) is 0 Å². The largest absolute Gasteiger partial charge is 0.507 e. The number of nitrogens with two attached hydrogens (primary N) is 1. The monoisotopic (exact) mass is 252 g/mol. The molecule has 1 amide bonds. The number of nitrogens with one attached hydrogen (secondary N) is 1. The SMILES string of the molecule is CC(C)(N)CC(=O)Nc1ccc(C(=O)O)c(O)c1. The lowest BCUT2D eigenvalue weighted by atomic mass is 10.0. The molecule has 0 aliphatic heterocycles. The molecule has 0 saturated heterocycles.